The van der Waals surface area contributed by atoms with Crippen LogP contribution in [0.2, 0.25) is 0 Å². The summed E-state index contributed by atoms with van der Waals surface area (Å²) in [5, 5.41) is 1.95. The molecule has 6 rings (SSSR count). The van der Waals surface area contributed by atoms with E-state index in [2.05, 4.69) is 0 Å². The summed E-state index contributed by atoms with van der Waals surface area (Å²) in [6.45, 7) is 11.8. The third-order valence-corrected chi connectivity index (χ3v) is 21.6. The van der Waals surface area contributed by atoms with Crippen LogP contribution in [0.25, 0.3) is 0 Å². The Labute approximate surface area is 361 Å². The molecule has 6 unspecified atom stereocenters. The number of methoxy groups -OCH3 is 6. The molecule has 3 saturated carbocycles. The number of halogens is 12. The topological polar surface area (TPSA) is 55.4 Å². The SMILES string of the molecule is COC1(OC)C2(Cl)C(Cl)=C(Cl)C1(Cl)[C@@H](C)[C@@H]2C.COC1(OC)C2(Cl)C(Cl)=C(Cl)C1(Cl)[C@@H](C)[C@H]2C.COC1(OC)C2(Cl)C(Cl)=C(Cl)C1(Cl)[C@H](C)[C@H]2C. The van der Waals surface area contributed by atoms with Gasteiger partial charge in [0.1, 0.15) is 29.2 Å². The standard InChI is InChI=1S/3C11H14Cl4O2/c3*1-5-6(2)10(15)8(13)7(12)9(5,14)11(10,16-3)17-4/h3*5-6H,1-4H3/t5-,6+,9?,10?;2*5-,6-,9?,10?/m.10/s1. The first kappa shape index (κ1) is 46.2. The molecule has 12 atom stereocenters. The third-order valence-electron chi connectivity index (χ3n) is 13.1. The second-order valence-electron chi connectivity index (χ2n) is 14.0. The second kappa shape index (κ2) is 14.3. The first-order chi connectivity index (χ1) is 23.3. The van der Waals surface area contributed by atoms with Crippen molar-refractivity contribution in [2.75, 3.05) is 42.7 Å². The molecule has 18 heteroatoms. The maximum Gasteiger partial charge on any atom is 0.217 e. The maximum absolute atomic E-state index is 6.69. The lowest BCUT2D eigenvalue weighted by Crippen LogP contribution is -2.57. The molecule has 6 nitrogen and oxygen atoms in total. The average molecular weight is 960 g/mol. The second-order valence-corrected chi connectivity index (χ2v) is 19.8. The van der Waals surface area contributed by atoms with Gasteiger partial charge in [0.25, 0.3) is 0 Å². The summed E-state index contributed by atoms with van der Waals surface area (Å²) in [5.41, 5.74) is 0. The van der Waals surface area contributed by atoms with Gasteiger partial charge < -0.3 is 28.4 Å². The summed E-state index contributed by atoms with van der Waals surface area (Å²) in [6.07, 6.45) is 0. The molecule has 0 aromatic rings. The zero-order valence-corrected chi connectivity index (χ0v) is 39.0. The van der Waals surface area contributed by atoms with E-state index in [1.807, 2.05) is 41.5 Å². The van der Waals surface area contributed by atoms with Crippen LogP contribution in [0.1, 0.15) is 41.5 Å². The van der Waals surface area contributed by atoms with Gasteiger partial charge in [-0.2, -0.15) is 0 Å². The van der Waals surface area contributed by atoms with E-state index >= 15 is 0 Å². The van der Waals surface area contributed by atoms with Crippen molar-refractivity contribution < 1.29 is 28.4 Å². The van der Waals surface area contributed by atoms with Gasteiger partial charge in [0.15, 0.2) is 0 Å². The minimum atomic E-state index is -1.24. The first-order valence-electron chi connectivity index (χ1n) is 15.9. The quantitative estimate of drug-likeness (QED) is 0.195. The van der Waals surface area contributed by atoms with Crippen LogP contribution in [-0.4, -0.2) is 89.3 Å². The third kappa shape index (κ3) is 4.60. The summed E-state index contributed by atoms with van der Waals surface area (Å²) in [7, 11) is 9.01. The number of fused-ring (bicyclic) bond motifs is 6. The van der Waals surface area contributed by atoms with Gasteiger partial charge in [-0.05, 0) is 35.5 Å². The van der Waals surface area contributed by atoms with Crippen LogP contribution in [0.3, 0.4) is 0 Å². The molecule has 0 N–H and O–H groups in total. The molecule has 0 aliphatic heterocycles. The van der Waals surface area contributed by atoms with Gasteiger partial charge in [0, 0.05) is 42.7 Å². The van der Waals surface area contributed by atoms with Crippen molar-refractivity contribution in [3.05, 3.63) is 30.2 Å². The van der Waals surface area contributed by atoms with Crippen molar-refractivity contribution in [1.82, 2.24) is 0 Å². The Balaban J connectivity index is 0.000000172. The highest BCUT2D eigenvalue weighted by atomic mass is 35.5. The van der Waals surface area contributed by atoms with Gasteiger partial charge in [-0.3, -0.25) is 0 Å². The molecule has 6 bridgehead atoms. The van der Waals surface area contributed by atoms with E-state index in [4.69, 9.17) is 168 Å². The molecule has 0 saturated heterocycles. The van der Waals surface area contributed by atoms with E-state index < -0.39 is 46.6 Å². The summed E-state index contributed by atoms with van der Waals surface area (Å²) in [6, 6.07) is 0. The van der Waals surface area contributed by atoms with Crippen LogP contribution in [0, 0.1) is 35.5 Å². The molecule has 294 valence electrons. The number of alkyl halides is 6. The molecule has 6 aliphatic rings. The van der Waals surface area contributed by atoms with Crippen molar-refractivity contribution in [1.29, 1.82) is 0 Å². The average Bonchev–Trinajstić information content (AvgIpc) is 3.59. The van der Waals surface area contributed by atoms with Gasteiger partial charge >= 0.3 is 0 Å². The largest absolute Gasteiger partial charge is 0.350 e. The minimum Gasteiger partial charge on any atom is -0.350 e. The van der Waals surface area contributed by atoms with Crippen LogP contribution in [-0.2, 0) is 28.4 Å². The molecular formula is C33H42Cl12O6. The van der Waals surface area contributed by atoms with E-state index in [0.717, 1.165) is 0 Å². The van der Waals surface area contributed by atoms with Crippen LogP contribution in [0.4, 0.5) is 0 Å². The first-order valence-corrected chi connectivity index (χ1v) is 20.4. The maximum atomic E-state index is 6.69. The van der Waals surface area contributed by atoms with Crippen molar-refractivity contribution >= 4 is 139 Å². The van der Waals surface area contributed by atoms with E-state index in [-0.39, 0.29) is 35.5 Å². The summed E-state index contributed by atoms with van der Waals surface area (Å²) in [4.78, 5) is -6.27. The summed E-state index contributed by atoms with van der Waals surface area (Å²) in [5.74, 6) is -3.82. The van der Waals surface area contributed by atoms with Crippen molar-refractivity contribution in [3.8, 4) is 0 Å². The molecule has 6 aliphatic carbocycles. The fourth-order valence-corrected chi connectivity index (χ4v) is 16.3. The molecule has 0 heterocycles. The minimum absolute atomic E-state index is 0.0171. The Morgan fingerprint density at radius 1 is 0.294 bits per heavy atom. The Morgan fingerprint density at radius 2 is 0.392 bits per heavy atom. The smallest absolute Gasteiger partial charge is 0.217 e. The lowest BCUT2D eigenvalue weighted by atomic mass is 9.85. The highest BCUT2D eigenvalue weighted by molar-refractivity contribution is 6.54. The zero-order chi connectivity index (χ0) is 39.7. The van der Waals surface area contributed by atoms with Gasteiger partial charge in [-0.1, -0.05) is 111 Å². The van der Waals surface area contributed by atoms with Gasteiger partial charge in [-0.25, -0.2) is 0 Å². The molecule has 0 spiro atoms. The van der Waals surface area contributed by atoms with E-state index in [9.17, 15) is 0 Å². The fourth-order valence-electron chi connectivity index (χ4n) is 9.72. The van der Waals surface area contributed by atoms with Crippen molar-refractivity contribution in [2.45, 2.75) is 88.1 Å². The Hall–Kier alpha value is 2.46. The van der Waals surface area contributed by atoms with Gasteiger partial charge in [0.05, 0.1) is 30.2 Å². The van der Waals surface area contributed by atoms with Gasteiger partial charge in [-0.15, -0.1) is 69.6 Å². The van der Waals surface area contributed by atoms with E-state index in [1.165, 1.54) is 42.7 Å². The lowest BCUT2D eigenvalue weighted by molar-refractivity contribution is -0.220. The zero-order valence-electron chi connectivity index (χ0n) is 29.9. The predicted octanol–water partition coefficient (Wildman–Crippen LogP) is 11.8. The van der Waals surface area contributed by atoms with Crippen molar-refractivity contribution in [2.24, 2.45) is 35.5 Å². The summed E-state index contributed by atoms with van der Waals surface area (Å²) >= 11 is 77.7. The molecular weight excluding hydrogens is 918 g/mol. The van der Waals surface area contributed by atoms with Crippen LogP contribution >= 0.6 is 139 Å². The number of hydrogen-bond donors (Lipinski definition) is 0. The molecule has 51 heavy (non-hydrogen) atoms. The molecule has 0 amide bonds. The molecule has 0 aromatic carbocycles. The Morgan fingerprint density at radius 3 is 0.451 bits per heavy atom. The molecule has 0 radical (unpaired) electrons. The number of ether oxygens (including phenoxy) is 6. The van der Waals surface area contributed by atoms with E-state index in [0.29, 0.717) is 30.2 Å². The summed E-state index contributed by atoms with van der Waals surface area (Å²) < 4.78 is 33.2. The Kier molecular flexibility index (Phi) is 13.0. The highest BCUT2D eigenvalue weighted by Crippen LogP contribution is 2.76. The van der Waals surface area contributed by atoms with Crippen LogP contribution in [0.5, 0.6) is 0 Å². The Bertz CT molecular complexity index is 1260. The van der Waals surface area contributed by atoms with Crippen molar-refractivity contribution in [3.63, 3.8) is 0 Å². The molecule has 3 fully saturated rings. The highest BCUT2D eigenvalue weighted by Gasteiger charge is 2.85. The lowest BCUT2D eigenvalue weighted by Gasteiger charge is -2.41. The predicted molar refractivity (Wildman–Crippen MR) is 213 cm³/mol. The monoisotopic (exact) mass is 954 g/mol. The number of rotatable bonds is 6. The van der Waals surface area contributed by atoms with Crippen LogP contribution < -0.4 is 0 Å². The fraction of sp³-hybridized carbons (Fsp3) is 0.818. The normalized spacial score (nSPS) is 48.0. The van der Waals surface area contributed by atoms with E-state index in [1.54, 1.807) is 0 Å². The number of hydrogen-bond acceptors (Lipinski definition) is 6. The van der Waals surface area contributed by atoms with Crippen LogP contribution in [0.15, 0.2) is 30.2 Å². The van der Waals surface area contributed by atoms with Gasteiger partial charge in [0.2, 0.25) is 17.4 Å². The molecule has 0 aromatic heterocycles.